The molecule has 0 spiro atoms. The molecule has 0 unspecified atom stereocenters. The second-order valence-corrected chi connectivity index (χ2v) is 9.47. The average molecular weight is 485 g/mol. The number of ether oxygens (including phenoxy) is 1. The Balaban J connectivity index is 1.38. The number of benzene rings is 2. The molecule has 8 nitrogen and oxygen atoms in total. The molecule has 1 aliphatic rings. The summed E-state index contributed by atoms with van der Waals surface area (Å²) in [5.74, 6) is 2.35. The number of piperazine rings is 1. The standard InChI is InChI=1S/C26H24N6O2S/c1-34-22-11-5-3-9-20(22)25-29-28-24-19-8-2-4-10-21(19)27-26(32(24)25)31-14-12-30(13-15-31)23(33)17-18-7-6-16-35-18/h2-11,16H,12-15,17H2,1H3. The van der Waals surface area contributed by atoms with E-state index in [0.29, 0.717) is 38.4 Å². The van der Waals surface area contributed by atoms with Gasteiger partial charge in [-0.05, 0) is 35.7 Å². The SMILES string of the molecule is COc1ccccc1-c1nnc2c3ccccc3nc(N3CCN(C(=O)Cc4cccs4)CC3)n12. The van der Waals surface area contributed by atoms with Crippen LogP contribution < -0.4 is 9.64 Å². The Labute approximate surface area is 206 Å². The molecule has 1 saturated heterocycles. The number of hydrogen-bond acceptors (Lipinski definition) is 7. The fourth-order valence-electron chi connectivity index (χ4n) is 4.61. The van der Waals surface area contributed by atoms with Gasteiger partial charge in [0.2, 0.25) is 11.9 Å². The molecule has 0 saturated carbocycles. The van der Waals surface area contributed by atoms with Crippen molar-refractivity contribution >= 4 is 39.7 Å². The highest BCUT2D eigenvalue weighted by Gasteiger charge is 2.26. The number of carbonyl (C=O) groups excluding carboxylic acids is 1. The Morgan fingerprint density at radius 3 is 2.57 bits per heavy atom. The van der Waals surface area contributed by atoms with Gasteiger partial charge < -0.3 is 14.5 Å². The van der Waals surface area contributed by atoms with E-state index in [1.807, 2.05) is 75.3 Å². The van der Waals surface area contributed by atoms with E-state index >= 15 is 0 Å². The summed E-state index contributed by atoms with van der Waals surface area (Å²) in [6, 6.07) is 19.8. The van der Waals surface area contributed by atoms with Gasteiger partial charge in [0.15, 0.2) is 11.5 Å². The topological polar surface area (TPSA) is 75.9 Å². The van der Waals surface area contributed by atoms with E-state index < -0.39 is 0 Å². The van der Waals surface area contributed by atoms with Gasteiger partial charge in [-0.3, -0.25) is 4.79 Å². The van der Waals surface area contributed by atoms with Crippen LogP contribution in [0.5, 0.6) is 5.75 Å². The molecule has 0 bridgehead atoms. The number of amides is 1. The number of methoxy groups -OCH3 is 1. The van der Waals surface area contributed by atoms with Crippen LogP contribution >= 0.6 is 11.3 Å². The summed E-state index contributed by atoms with van der Waals surface area (Å²) in [6.07, 6.45) is 0.458. The first-order valence-corrected chi connectivity index (χ1v) is 12.4. The van der Waals surface area contributed by atoms with E-state index in [-0.39, 0.29) is 5.91 Å². The molecule has 35 heavy (non-hydrogen) atoms. The van der Waals surface area contributed by atoms with E-state index in [1.54, 1.807) is 18.4 Å². The first-order valence-electron chi connectivity index (χ1n) is 11.6. The van der Waals surface area contributed by atoms with Crippen LogP contribution in [0.4, 0.5) is 5.95 Å². The van der Waals surface area contributed by atoms with Crippen LogP contribution in [0, 0.1) is 0 Å². The van der Waals surface area contributed by atoms with Crippen molar-refractivity contribution in [3.8, 4) is 17.1 Å². The minimum Gasteiger partial charge on any atom is -0.496 e. The smallest absolute Gasteiger partial charge is 0.227 e. The first-order chi connectivity index (χ1) is 17.2. The molecule has 2 aromatic carbocycles. The molecule has 5 aromatic rings. The van der Waals surface area contributed by atoms with Crippen LogP contribution in [0.25, 0.3) is 27.9 Å². The number of anilines is 1. The van der Waals surface area contributed by atoms with Crippen molar-refractivity contribution in [1.29, 1.82) is 0 Å². The first kappa shape index (κ1) is 21.5. The molecule has 6 rings (SSSR count). The minimum atomic E-state index is 0.169. The number of fused-ring (bicyclic) bond motifs is 3. The Bertz CT molecular complexity index is 1510. The van der Waals surface area contributed by atoms with Crippen LogP contribution in [0.1, 0.15) is 4.88 Å². The molecule has 1 aliphatic heterocycles. The van der Waals surface area contributed by atoms with Crippen LogP contribution in [-0.2, 0) is 11.2 Å². The highest BCUT2D eigenvalue weighted by atomic mass is 32.1. The molecule has 0 radical (unpaired) electrons. The van der Waals surface area contributed by atoms with E-state index in [4.69, 9.17) is 9.72 Å². The van der Waals surface area contributed by atoms with Crippen molar-refractivity contribution in [1.82, 2.24) is 24.5 Å². The molecule has 1 fully saturated rings. The maximum atomic E-state index is 12.8. The lowest BCUT2D eigenvalue weighted by Crippen LogP contribution is -2.49. The highest BCUT2D eigenvalue weighted by molar-refractivity contribution is 7.10. The van der Waals surface area contributed by atoms with Gasteiger partial charge in [0.25, 0.3) is 0 Å². The van der Waals surface area contributed by atoms with E-state index in [9.17, 15) is 4.79 Å². The number of para-hydroxylation sites is 2. The predicted molar refractivity (Wildman–Crippen MR) is 137 cm³/mol. The molecule has 1 amide bonds. The number of aromatic nitrogens is 4. The van der Waals surface area contributed by atoms with Crippen LogP contribution in [-0.4, -0.2) is 63.7 Å². The number of thiophene rings is 1. The lowest BCUT2D eigenvalue weighted by atomic mass is 10.2. The highest BCUT2D eigenvalue weighted by Crippen LogP contribution is 2.33. The second-order valence-electron chi connectivity index (χ2n) is 8.44. The van der Waals surface area contributed by atoms with Gasteiger partial charge in [-0.25, -0.2) is 9.38 Å². The molecule has 0 aliphatic carbocycles. The summed E-state index contributed by atoms with van der Waals surface area (Å²) in [5, 5.41) is 12.1. The van der Waals surface area contributed by atoms with Crippen molar-refractivity contribution in [3.05, 3.63) is 70.9 Å². The number of nitrogens with zero attached hydrogens (tertiary/aromatic N) is 6. The maximum Gasteiger partial charge on any atom is 0.227 e. The molecule has 4 heterocycles. The van der Waals surface area contributed by atoms with Crippen LogP contribution in [0.15, 0.2) is 66.0 Å². The molecule has 9 heteroatoms. The monoisotopic (exact) mass is 484 g/mol. The zero-order valence-corrected chi connectivity index (χ0v) is 20.1. The Kier molecular flexibility index (Phi) is 5.54. The van der Waals surface area contributed by atoms with Gasteiger partial charge in [-0.1, -0.05) is 30.3 Å². The Hall–Kier alpha value is -3.98. The zero-order chi connectivity index (χ0) is 23.8. The Morgan fingerprint density at radius 2 is 1.77 bits per heavy atom. The third-order valence-corrected chi connectivity index (χ3v) is 7.27. The third kappa shape index (κ3) is 3.87. The summed E-state index contributed by atoms with van der Waals surface area (Å²) in [7, 11) is 1.66. The summed E-state index contributed by atoms with van der Waals surface area (Å²) < 4.78 is 7.63. The quantitative estimate of drug-likeness (QED) is 0.377. The number of carbonyl (C=O) groups is 1. The second kappa shape index (κ2) is 8.99. The van der Waals surface area contributed by atoms with Crippen molar-refractivity contribution in [3.63, 3.8) is 0 Å². The molecule has 176 valence electrons. The summed E-state index contributed by atoms with van der Waals surface area (Å²) >= 11 is 1.62. The molecule has 0 atom stereocenters. The lowest BCUT2D eigenvalue weighted by Gasteiger charge is -2.35. The Morgan fingerprint density at radius 1 is 0.971 bits per heavy atom. The average Bonchev–Trinajstić information content (AvgIpc) is 3.59. The lowest BCUT2D eigenvalue weighted by molar-refractivity contribution is -0.130. The van der Waals surface area contributed by atoms with Gasteiger partial charge >= 0.3 is 0 Å². The van der Waals surface area contributed by atoms with Gasteiger partial charge in [0, 0.05) is 36.4 Å². The summed E-state index contributed by atoms with van der Waals surface area (Å²) in [5.41, 5.74) is 2.47. The van der Waals surface area contributed by atoms with E-state index in [1.165, 1.54) is 0 Å². The fraction of sp³-hybridized carbons (Fsp3) is 0.231. The fourth-order valence-corrected chi connectivity index (χ4v) is 5.31. The number of rotatable bonds is 5. The minimum absolute atomic E-state index is 0.169. The van der Waals surface area contributed by atoms with Gasteiger partial charge in [0.1, 0.15) is 5.75 Å². The van der Waals surface area contributed by atoms with Gasteiger partial charge in [-0.2, -0.15) is 0 Å². The summed E-state index contributed by atoms with van der Waals surface area (Å²) in [6.45, 7) is 2.65. The predicted octanol–water partition coefficient (Wildman–Crippen LogP) is 3.91. The van der Waals surface area contributed by atoms with Crippen LogP contribution in [0.3, 0.4) is 0 Å². The zero-order valence-electron chi connectivity index (χ0n) is 19.3. The molecular weight excluding hydrogens is 460 g/mol. The normalized spacial score (nSPS) is 14.1. The largest absolute Gasteiger partial charge is 0.496 e. The van der Waals surface area contributed by atoms with Gasteiger partial charge in [-0.15, -0.1) is 21.5 Å². The third-order valence-electron chi connectivity index (χ3n) is 6.40. The van der Waals surface area contributed by atoms with Crippen molar-refractivity contribution in [2.24, 2.45) is 0 Å². The van der Waals surface area contributed by atoms with Crippen molar-refractivity contribution in [2.45, 2.75) is 6.42 Å². The van der Waals surface area contributed by atoms with Crippen molar-refractivity contribution < 1.29 is 9.53 Å². The molecular formula is C26H24N6O2S. The number of hydrogen-bond donors (Lipinski definition) is 0. The van der Waals surface area contributed by atoms with Crippen molar-refractivity contribution in [2.75, 3.05) is 38.2 Å². The van der Waals surface area contributed by atoms with Gasteiger partial charge in [0.05, 0.1) is 24.6 Å². The molecule has 3 aromatic heterocycles. The summed E-state index contributed by atoms with van der Waals surface area (Å²) in [4.78, 5) is 23.1. The van der Waals surface area contributed by atoms with Crippen LogP contribution in [0.2, 0.25) is 0 Å². The maximum absolute atomic E-state index is 12.8. The van der Waals surface area contributed by atoms with E-state index in [2.05, 4.69) is 15.1 Å². The van der Waals surface area contributed by atoms with E-state index in [0.717, 1.165) is 38.7 Å². The molecule has 0 N–H and O–H groups in total.